The van der Waals surface area contributed by atoms with Crippen molar-refractivity contribution in [3.05, 3.63) is 28.8 Å². The number of hydrogen-bond donors (Lipinski definition) is 1. The van der Waals surface area contributed by atoms with Gasteiger partial charge in [0.05, 0.1) is 19.3 Å². The second kappa shape index (κ2) is 6.57. The third-order valence-corrected chi connectivity index (χ3v) is 3.54. The van der Waals surface area contributed by atoms with Crippen LogP contribution < -0.4 is 10.5 Å². The van der Waals surface area contributed by atoms with Crippen LogP contribution >= 0.6 is 11.6 Å². The molecule has 106 valence electrons. The molecule has 2 N–H and O–H groups in total. The summed E-state index contributed by atoms with van der Waals surface area (Å²) in [6.07, 6.45) is 0.307. The minimum atomic E-state index is 0.105. The number of benzene rings is 1. The van der Waals surface area contributed by atoms with E-state index in [1.165, 1.54) is 0 Å². The van der Waals surface area contributed by atoms with Crippen molar-refractivity contribution in [1.29, 1.82) is 0 Å². The van der Waals surface area contributed by atoms with Crippen LogP contribution in [0.15, 0.2) is 18.2 Å². The maximum Gasteiger partial charge on any atom is 0.123 e. The van der Waals surface area contributed by atoms with Crippen molar-refractivity contribution in [2.75, 3.05) is 26.7 Å². The third-order valence-electron chi connectivity index (χ3n) is 3.30. The van der Waals surface area contributed by atoms with E-state index in [-0.39, 0.29) is 12.2 Å². The van der Waals surface area contributed by atoms with Crippen LogP contribution in [0, 0.1) is 0 Å². The highest BCUT2D eigenvalue weighted by atomic mass is 35.5. The van der Waals surface area contributed by atoms with Crippen molar-refractivity contribution in [3.8, 4) is 5.75 Å². The Balaban J connectivity index is 2.09. The van der Waals surface area contributed by atoms with Gasteiger partial charge in [-0.1, -0.05) is 11.6 Å². The Labute approximate surface area is 119 Å². The summed E-state index contributed by atoms with van der Waals surface area (Å²) in [4.78, 5) is 2.33. The summed E-state index contributed by atoms with van der Waals surface area (Å²) in [5, 5.41) is 0.729. The van der Waals surface area contributed by atoms with Gasteiger partial charge in [-0.25, -0.2) is 0 Å². The normalized spacial score (nSPS) is 24.4. The van der Waals surface area contributed by atoms with Gasteiger partial charge >= 0.3 is 0 Å². The Kier molecular flexibility index (Phi) is 5.05. The van der Waals surface area contributed by atoms with Crippen LogP contribution in [-0.2, 0) is 11.3 Å². The highest BCUT2D eigenvalue weighted by Crippen LogP contribution is 2.25. The van der Waals surface area contributed by atoms with Gasteiger partial charge in [-0.3, -0.25) is 4.90 Å². The first-order valence-electron chi connectivity index (χ1n) is 6.52. The fourth-order valence-corrected chi connectivity index (χ4v) is 2.71. The first-order chi connectivity index (χ1) is 9.12. The Morgan fingerprint density at radius 2 is 2.26 bits per heavy atom. The summed E-state index contributed by atoms with van der Waals surface area (Å²) in [7, 11) is 1.68. The van der Waals surface area contributed by atoms with Crippen molar-refractivity contribution in [3.63, 3.8) is 0 Å². The van der Waals surface area contributed by atoms with Gasteiger partial charge in [0.2, 0.25) is 0 Å². The van der Waals surface area contributed by atoms with Crippen molar-refractivity contribution in [1.82, 2.24) is 4.90 Å². The molecule has 1 heterocycles. The van der Waals surface area contributed by atoms with E-state index >= 15 is 0 Å². The first-order valence-corrected chi connectivity index (χ1v) is 6.90. The Morgan fingerprint density at radius 3 is 2.95 bits per heavy atom. The number of nitrogens with two attached hydrogens (primary N) is 1. The van der Waals surface area contributed by atoms with Crippen molar-refractivity contribution in [2.45, 2.75) is 25.7 Å². The van der Waals surface area contributed by atoms with Crippen LogP contribution in [0.1, 0.15) is 12.5 Å². The van der Waals surface area contributed by atoms with Crippen LogP contribution in [0.25, 0.3) is 0 Å². The van der Waals surface area contributed by atoms with Crippen molar-refractivity contribution >= 4 is 11.6 Å². The molecule has 4 nitrogen and oxygen atoms in total. The highest BCUT2D eigenvalue weighted by molar-refractivity contribution is 6.30. The largest absolute Gasteiger partial charge is 0.496 e. The summed E-state index contributed by atoms with van der Waals surface area (Å²) in [6, 6.07) is 5.70. The van der Waals surface area contributed by atoms with Crippen LogP contribution in [0.3, 0.4) is 0 Å². The van der Waals surface area contributed by atoms with Crippen LogP contribution in [0.4, 0.5) is 0 Å². The molecule has 1 aliphatic rings. The minimum absolute atomic E-state index is 0.105. The van der Waals surface area contributed by atoms with Gasteiger partial charge in [0.15, 0.2) is 0 Å². The zero-order valence-electron chi connectivity index (χ0n) is 11.4. The average molecular weight is 285 g/mol. The summed E-state index contributed by atoms with van der Waals surface area (Å²) in [5.74, 6) is 0.868. The van der Waals surface area contributed by atoms with E-state index < -0.39 is 0 Å². The molecule has 0 bridgehead atoms. The first kappa shape index (κ1) is 14.6. The van der Waals surface area contributed by atoms with Crippen molar-refractivity contribution < 1.29 is 9.47 Å². The Hall–Kier alpha value is -0.810. The molecule has 2 unspecified atom stereocenters. The SMILES string of the molecule is COc1ccc(Cl)cc1CN1CC(C)OC(CN)C1. The number of nitrogens with zero attached hydrogens (tertiary/aromatic N) is 1. The lowest BCUT2D eigenvalue weighted by Crippen LogP contribution is -2.48. The second-order valence-corrected chi connectivity index (χ2v) is 5.39. The molecule has 2 atom stereocenters. The van der Waals surface area contributed by atoms with Gasteiger partial charge in [-0.05, 0) is 25.1 Å². The summed E-state index contributed by atoms with van der Waals surface area (Å²) in [6.45, 7) is 5.16. The summed E-state index contributed by atoms with van der Waals surface area (Å²) in [5.41, 5.74) is 6.80. The average Bonchev–Trinajstić information content (AvgIpc) is 2.38. The van der Waals surface area contributed by atoms with E-state index in [4.69, 9.17) is 26.8 Å². The van der Waals surface area contributed by atoms with Gasteiger partial charge < -0.3 is 15.2 Å². The molecular formula is C14H21ClN2O2. The lowest BCUT2D eigenvalue weighted by atomic mass is 10.1. The van der Waals surface area contributed by atoms with Crippen LogP contribution in [0.2, 0.25) is 5.02 Å². The van der Waals surface area contributed by atoms with Gasteiger partial charge in [0.25, 0.3) is 0 Å². The minimum Gasteiger partial charge on any atom is -0.496 e. The third kappa shape index (κ3) is 3.83. The quantitative estimate of drug-likeness (QED) is 0.917. The molecule has 19 heavy (non-hydrogen) atoms. The number of morpholine rings is 1. The standard InChI is InChI=1S/C14H21ClN2O2/c1-10-7-17(9-13(6-16)19-10)8-11-5-12(15)3-4-14(11)18-2/h3-5,10,13H,6-9,16H2,1-2H3. The molecule has 0 radical (unpaired) electrons. The smallest absolute Gasteiger partial charge is 0.123 e. The molecule has 2 rings (SSSR count). The molecule has 0 aliphatic carbocycles. The molecule has 0 spiro atoms. The fourth-order valence-electron chi connectivity index (χ4n) is 2.51. The Bertz CT molecular complexity index is 428. The zero-order chi connectivity index (χ0) is 13.8. The maximum atomic E-state index is 6.06. The molecule has 0 aromatic heterocycles. The summed E-state index contributed by atoms with van der Waals surface area (Å²) < 4.78 is 11.1. The van der Waals surface area contributed by atoms with E-state index in [1.807, 2.05) is 18.2 Å². The zero-order valence-corrected chi connectivity index (χ0v) is 12.2. The van der Waals surface area contributed by atoms with Gasteiger partial charge in [0, 0.05) is 36.8 Å². The molecule has 1 aliphatic heterocycles. The van der Waals surface area contributed by atoms with Crippen LogP contribution in [0.5, 0.6) is 5.75 Å². The van der Waals surface area contributed by atoms with Gasteiger partial charge in [-0.2, -0.15) is 0 Å². The van der Waals surface area contributed by atoms with E-state index in [2.05, 4.69) is 11.8 Å². The molecule has 1 saturated heterocycles. The lowest BCUT2D eigenvalue weighted by Gasteiger charge is -2.36. The fraction of sp³-hybridized carbons (Fsp3) is 0.571. The van der Waals surface area contributed by atoms with E-state index in [1.54, 1.807) is 7.11 Å². The molecule has 1 fully saturated rings. The molecule has 1 aromatic carbocycles. The number of halogens is 1. The number of rotatable bonds is 4. The predicted molar refractivity (Wildman–Crippen MR) is 76.7 cm³/mol. The predicted octanol–water partition coefficient (Wildman–Crippen LogP) is 1.90. The molecular weight excluding hydrogens is 264 g/mol. The molecule has 0 saturated carbocycles. The highest BCUT2D eigenvalue weighted by Gasteiger charge is 2.24. The van der Waals surface area contributed by atoms with Crippen molar-refractivity contribution in [2.24, 2.45) is 5.73 Å². The van der Waals surface area contributed by atoms with Gasteiger partial charge in [-0.15, -0.1) is 0 Å². The topological polar surface area (TPSA) is 47.7 Å². The summed E-state index contributed by atoms with van der Waals surface area (Å²) >= 11 is 6.06. The van der Waals surface area contributed by atoms with E-state index in [0.29, 0.717) is 6.54 Å². The van der Waals surface area contributed by atoms with E-state index in [9.17, 15) is 0 Å². The molecule has 1 aromatic rings. The number of hydrogen-bond acceptors (Lipinski definition) is 4. The lowest BCUT2D eigenvalue weighted by molar-refractivity contribution is -0.0746. The van der Waals surface area contributed by atoms with Crippen LogP contribution in [-0.4, -0.2) is 43.9 Å². The monoisotopic (exact) mass is 284 g/mol. The second-order valence-electron chi connectivity index (χ2n) is 4.95. The number of methoxy groups -OCH3 is 1. The van der Waals surface area contributed by atoms with Gasteiger partial charge in [0.1, 0.15) is 5.75 Å². The Morgan fingerprint density at radius 1 is 1.47 bits per heavy atom. The number of ether oxygens (including phenoxy) is 2. The van der Waals surface area contributed by atoms with E-state index in [0.717, 1.165) is 36.0 Å². The molecule has 5 heteroatoms. The maximum absolute atomic E-state index is 6.06. The molecule has 0 amide bonds.